The van der Waals surface area contributed by atoms with Gasteiger partial charge in [-0.3, -0.25) is 0 Å². The van der Waals surface area contributed by atoms with Crippen LogP contribution >= 0.6 is 22.9 Å². The number of aromatic nitrogens is 2. The summed E-state index contributed by atoms with van der Waals surface area (Å²) in [6.07, 6.45) is 12.3. The van der Waals surface area contributed by atoms with Crippen LogP contribution < -0.4 is 16.0 Å². The van der Waals surface area contributed by atoms with E-state index in [0.29, 0.717) is 35.8 Å². The standard InChI is InChI=1S/C32H39ClN6OS/c33-25-3-6-28-27(9-25)24(17-41-28)16-37-31-36-15-23(13-34)30(39-31)38-18-32-10-20-7-21(11-32)29(22(8-20)12-32)35-14-19-1-4-26(40)5-2-19/h3,6,9,15,17,19-22,26,29,35,40H,1-2,4-5,7-8,10-12,14,16,18H2,(H2,36,37,38,39)/t19?,20?,21-,22+,26?,29?,32?. The first-order chi connectivity index (χ1) is 20.0. The Hall–Kier alpha value is -2.44. The van der Waals surface area contributed by atoms with E-state index in [1.165, 1.54) is 36.8 Å². The maximum Gasteiger partial charge on any atom is 0.224 e. The molecule has 1 aromatic carbocycles. The van der Waals surface area contributed by atoms with E-state index in [2.05, 4.69) is 38.4 Å². The monoisotopic (exact) mass is 590 g/mol. The predicted octanol–water partition coefficient (Wildman–Crippen LogP) is 6.58. The topological polar surface area (TPSA) is 106 Å². The maximum atomic E-state index is 9.87. The van der Waals surface area contributed by atoms with Gasteiger partial charge in [-0.05, 0) is 128 Å². The predicted molar refractivity (Wildman–Crippen MR) is 165 cm³/mol. The van der Waals surface area contributed by atoms with Gasteiger partial charge in [0.15, 0.2) is 0 Å². The molecule has 3 unspecified atom stereocenters. The molecule has 5 aliphatic carbocycles. The van der Waals surface area contributed by atoms with Crippen LogP contribution in [0, 0.1) is 40.4 Å². The number of nitriles is 1. The molecule has 9 heteroatoms. The van der Waals surface area contributed by atoms with E-state index in [1.807, 2.05) is 12.1 Å². The van der Waals surface area contributed by atoms with Crippen molar-refractivity contribution in [1.82, 2.24) is 15.3 Å². The number of aliphatic hydroxyl groups excluding tert-OH is 1. The molecule has 0 radical (unpaired) electrons. The molecule has 216 valence electrons. The fourth-order valence-electron chi connectivity index (χ4n) is 8.71. The van der Waals surface area contributed by atoms with Crippen LogP contribution in [0.25, 0.3) is 10.1 Å². The van der Waals surface area contributed by atoms with E-state index in [1.54, 1.807) is 17.5 Å². The molecule has 0 aliphatic heterocycles. The summed E-state index contributed by atoms with van der Waals surface area (Å²) in [6.45, 7) is 2.57. The number of halogens is 1. The van der Waals surface area contributed by atoms with Gasteiger partial charge < -0.3 is 21.1 Å². The third kappa shape index (κ3) is 5.67. The minimum absolute atomic E-state index is 0.0796. The summed E-state index contributed by atoms with van der Waals surface area (Å²) in [5.74, 6) is 4.18. The molecule has 7 nitrogen and oxygen atoms in total. The van der Waals surface area contributed by atoms with Crippen molar-refractivity contribution in [2.75, 3.05) is 23.7 Å². The van der Waals surface area contributed by atoms with E-state index < -0.39 is 0 Å². The van der Waals surface area contributed by atoms with Crippen molar-refractivity contribution in [2.24, 2.45) is 29.1 Å². The van der Waals surface area contributed by atoms with Gasteiger partial charge in [-0.25, -0.2) is 4.98 Å². The van der Waals surface area contributed by atoms with Gasteiger partial charge >= 0.3 is 0 Å². The Bertz CT molecular complexity index is 1430. The second kappa shape index (κ2) is 11.3. The molecule has 2 aromatic heterocycles. The van der Waals surface area contributed by atoms with Gasteiger partial charge in [-0.15, -0.1) is 11.3 Å². The SMILES string of the molecule is N#Cc1cnc(NCc2csc3ccc(Cl)cc23)nc1NCC12CC3C[C@H](C1)C(NCC1CCC(O)CC1)[C@@H](C3)C2. The van der Waals surface area contributed by atoms with Gasteiger partial charge in [0.25, 0.3) is 0 Å². The Labute approximate surface area is 251 Å². The van der Waals surface area contributed by atoms with E-state index >= 15 is 0 Å². The van der Waals surface area contributed by atoms with E-state index in [4.69, 9.17) is 16.6 Å². The van der Waals surface area contributed by atoms with Crippen molar-refractivity contribution in [2.45, 2.75) is 76.5 Å². The smallest absolute Gasteiger partial charge is 0.224 e. The molecular formula is C32H39ClN6OS. The number of hydrogen-bond donors (Lipinski definition) is 4. The summed E-state index contributed by atoms with van der Waals surface area (Å²) in [7, 11) is 0. The lowest BCUT2D eigenvalue weighted by molar-refractivity contribution is -0.0704. The summed E-state index contributed by atoms with van der Waals surface area (Å²) >= 11 is 7.94. The van der Waals surface area contributed by atoms with Gasteiger partial charge in [-0.2, -0.15) is 10.2 Å². The number of anilines is 2. The lowest BCUT2D eigenvalue weighted by Crippen LogP contribution is -2.60. The number of thiophene rings is 1. The lowest BCUT2D eigenvalue weighted by Gasteiger charge is -2.60. The maximum absolute atomic E-state index is 9.87. The molecule has 5 aliphatic rings. The van der Waals surface area contributed by atoms with Gasteiger partial charge in [0, 0.05) is 28.9 Å². The quantitative estimate of drug-likeness (QED) is 0.223. The first kappa shape index (κ1) is 27.4. The summed E-state index contributed by atoms with van der Waals surface area (Å²) in [5.41, 5.74) is 1.93. The van der Waals surface area contributed by atoms with Crippen LogP contribution in [-0.2, 0) is 6.54 Å². The fourth-order valence-corrected chi connectivity index (χ4v) is 9.83. The Balaban J connectivity index is 0.992. The molecule has 2 heterocycles. The second-order valence-electron chi connectivity index (χ2n) is 13.3. The zero-order valence-corrected chi connectivity index (χ0v) is 25.0. The minimum atomic E-state index is -0.0796. The number of benzene rings is 1. The van der Waals surface area contributed by atoms with E-state index in [-0.39, 0.29) is 11.5 Å². The average Bonchev–Trinajstić information content (AvgIpc) is 3.37. The first-order valence-electron chi connectivity index (χ1n) is 15.3. The van der Waals surface area contributed by atoms with Crippen LogP contribution in [0.2, 0.25) is 5.02 Å². The fraction of sp³-hybridized carbons (Fsp3) is 0.594. The van der Waals surface area contributed by atoms with Crippen LogP contribution in [0.5, 0.6) is 0 Å². The lowest BCUT2D eigenvalue weighted by atomic mass is 9.48. The van der Waals surface area contributed by atoms with Crippen LogP contribution in [0.3, 0.4) is 0 Å². The highest BCUT2D eigenvalue weighted by atomic mass is 35.5. The molecular weight excluding hydrogens is 552 g/mol. The molecule has 0 amide bonds. The van der Waals surface area contributed by atoms with Gasteiger partial charge in [0.05, 0.1) is 12.3 Å². The number of fused-ring (bicyclic) bond motifs is 1. The van der Waals surface area contributed by atoms with Crippen LogP contribution in [0.4, 0.5) is 11.8 Å². The third-order valence-electron chi connectivity index (χ3n) is 10.5. The van der Waals surface area contributed by atoms with Gasteiger partial charge in [0.1, 0.15) is 17.5 Å². The van der Waals surface area contributed by atoms with Gasteiger partial charge in [-0.1, -0.05) is 11.6 Å². The number of nitrogens with zero attached hydrogens (tertiary/aromatic N) is 3. The zero-order valence-electron chi connectivity index (χ0n) is 23.4. The van der Waals surface area contributed by atoms with Crippen molar-refractivity contribution in [1.29, 1.82) is 5.26 Å². The number of nitrogens with one attached hydrogen (secondary N) is 3. The molecule has 8 rings (SSSR count). The van der Waals surface area contributed by atoms with Crippen molar-refractivity contribution in [3.63, 3.8) is 0 Å². The van der Waals surface area contributed by atoms with Crippen LogP contribution in [-0.4, -0.2) is 40.3 Å². The molecule has 4 bridgehead atoms. The van der Waals surface area contributed by atoms with Crippen molar-refractivity contribution < 1.29 is 5.11 Å². The van der Waals surface area contributed by atoms with E-state index in [9.17, 15) is 10.4 Å². The summed E-state index contributed by atoms with van der Waals surface area (Å²) in [6, 6.07) is 8.90. The Morgan fingerprint density at radius 2 is 1.90 bits per heavy atom. The first-order valence-corrected chi connectivity index (χ1v) is 16.5. The highest BCUT2D eigenvalue weighted by molar-refractivity contribution is 7.17. The number of rotatable bonds is 9. The molecule has 41 heavy (non-hydrogen) atoms. The average molecular weight is 591 g/mol. The highest BCUT2D eigenvalue weighted by Gasteiger charge is 2.55. The van der Waals surface area contributed by atoms with Gasteiger partial charge in [0.2, 0.25) is 5.95 Å². The van der Waals surface area contributed by atoms with Crippen molar-refractivity contribution in [3.8, 4) is 6.07 Å². The molecule has 5 saturated carbocycles. The largest absolute Gasteiger partial charge is 0.393 e. The van der Waals surface area contributed by atoms with Crippen molar-refractivity contribution in [3.05, 3.63) is 45.9 Å². The van der Waals surface area contributed by atoms with Crippen LogP contribution in [0.15, 0.2) is 29.8 Å². The summed E-state index contributed by atoms with van der Waals surface area (Å²) in [4.78, 5) is 9.18. The molecule has 0 saturated heterocycles. The second-order valence-corrected chi connectivity index (χ2v) is 14.6. The molecule has 0 spiro atoms. The Kier molecular flexibility index (Phi) is 7.57. The molecule has 5 atom stereocenters. The summed E-state index contributed by atoms with van der Waals surface area (Å²) in [5, 5.41) is 34.7. The Morgan fingerprint density at radius 1 is 1.10 bits per heavy atom. The minimum Gasteiger partial charge on any atom is -0.393 e. The zero-order chi connectivity index (χ0) is 28.0. The molecule has 5 fully saturated rings. The molecule has 3 aromatic rings. The Morgan fingerprint density at radius 3 is 2.68 bits per heavy atom. The van der Waals surface area contributed by atoms with E-state index in [0.717, 1.165) is 72.5 Å². The van der Waals surface area contributed by atoms with Crippen molar-refractivity contribution >= 4 is 44.8 Å². The number of hydrogen-bond acceptors (Lipinski definition) is 8. The summed E-state index contributed by atoms with van der Waals surface area (Å²) < 4.78 is 1.20. The number of aliphatic hydroxyl groups is 1. The molecule has 4 N–H and O–H groups in total. The normalized spacial score (nSPS) is 32.2. The third-order valence-corrected chi connectivity index (χ3v) is 11.7. The highest BCUT2D eigenvalue weighted by Crippen LogP contribution is 2.60. The van der Waals surface area contributed by atoms with Crippen LogP contribution in [0.1, 0.15) is 68.9 Å².